The Hall–Kier alpha value is -0.610. The van der Waals surface area contributed by atoms with Gasteiger partial charge >= 0.3 is 0 Å². The minimum Gasteiger partial charge on any atom is -0.353 e. The molecule has 1 fully saturated rings. The van der Waals surface area contributed by atoms with Crippen molar-refractivity contribution in [1.82, 2.24) is 10.2 Å². The van der Waals surface area contributed by atoms with Gasteiger partial charge in [0.1, 0.15) is 0 Å². The molecular formula is C9H19N3O. The number of nitrogens with one attached hydrogen (secondary N) is 1. The zero-order chi connectivity index (χ0) is 9.84. The van der Waals surface area contributed by atoms with Gasteiger partial charge in [0.15, 0.2) is 0 Å². The van der Waals surface area contributed by atoms with Crippen LogP contribution in [-0.2, 0) is 4.79 Å². The van der Waals surface area contributed by atoms with Crippen molar-refractivity contribution in [3.05, 3.63) is 0 Å². The van der Waals surface area contributed by atoms with E-state index in [1.54, 1.807) is 0 Å². The highest BCUT2D eigenvalue weighted by molar-refractivity contribution is 5.82. The molecule has 0 aromatic carbocycles. The van der Waals surface area contributed by atoms with Crippen LogP contribution < -0.4 is 11.1 Å². The third kappa shape index (κ3) is 2.19. The fourth-order valence-electron chi connectivity index (χ4n) is 1.84. The summed E-state index contributed by atoms with van der Waals surface area (Å²) < 4.78 is 0. The number of hydrogen-bond acceptors (Lipinski definition) is 3. The van der Waals surface area contributed by atoms with E-state index < -0.39 is 0 Å². The molecule has 1 rings (SSSR count). The number of nitrogens with two attached hydrogens (primary N) is 1. The first-order chi connectivity index (χ1) is 6.20. The van der Waals surface area contributed by atoms with Crippen molar-refractivity contribution in [3.8, 4) is 0 Å². The lowest BCUT2D eigenvalue weighted by Gasteiger charge is -2.38. The number of piperazine rings is 1. The number of carbonyl (C=O) groups is 1. The fraction of sp³-hybridized carbons (Fsp3) is 0.889. The summed E-state index contributed by atoms with van der Waals surface area (Å²) in [5.41, 5.74) is 5.65. The van der Waals surface area contributed by atoms with Gasteiger partial charge in [0.2, 0.25) is 5.91 Å². The summed E-state index contributed by atoms with van der Waals surface area (Å²) in [4.78, 5) is 13.5. The van der Waals surface area contributed by atoms with Crippen molar-refractivity contribution in [2.24, 2.45) is 5.73 Å². The summed E-state index contributed by atoms with van der Waals surface area (Å²) in [6.07, 6.45) is 1.01. The molecule has 0 aliphatic carbocycles. The summed E-state index contributed by atoms with van der Waals surface area (Å²) in [6, 6.07) is 0.322. The SMILES string of the molecule is CCC(CN)N1CCNC(=O)C1C. The van der Waals surface area contributed by atoms with E-state index in [0.717, 1.165) is 19.5 Å². The molecule has 0 spiro atoms. The third-order valence-electron chi connectivity index (χ3n) is 2.76. The average molecular weight is 185 g/mol. The monoisotopic (exact) mass is 185 g/mol. The lowest BCUT2D eigenvalue weighted by atomic mass is 10.1. The quantitative estimate of drug-likeness (QED) is 0.626. The first kappa shape index (κ1) is 10.5. The standard InChI is InChI=1S/C9H19N3O/c1-3-8(6-10)12-5-4-11-9(13)7(12)2/h7-8H,3-6,10H2,1-2H3,(H,11,13). The molecule has 0 bridgehead atoms. The first-order valence-electron chi connectivity index (χ1n) is 4.94. The third-order valence-corrected chi connectivity index (χ3v) is 2.76. The molecule has 76 valence electrons. The largest absolute Gasteiger partial charge is 0.353 e. The molecule has 4 heteroatoms. The molecule has 1 aliphatic heterocycles. The molecular weight excluding hydrogens is 166 g/mol. The van der Waals surface area contributed by atoms with E-state index in [-0.39, 0.29) is 11.9 Å². The van der Waals surface area contributed by atoms with Gasteiger partial charge in [0.05, 0.1) is 6.04 Å². The molecule has 0 saturated carbocycles. The topological polar surface area (TPSA) is 58.4 Å². The molecule has 1 saturated heterocycles. The van der Waals surface area contributed by atoms with Crippen LogP contribution in [0.15, 0.2) is 0 Å². The van der Waals surface area contributed by atoms with E-state index >= 15 is 0 Å². The van der Waals surface area contributed by atoms with Crippen LogP contribution in [0.25, 0.3) is 0 Å². The fourth-order valence-corrected chi connectivity index (χ4v) is 1.84. The lowest BCUT2D eigenvalue weighted by molar-refractivity contribution is -0.129. The maximum Gasteiger partial charge on any atom is 0.237 e. The van der Waals surface area contributed by atoms with Crippen LogP contribution in [0, 0.1) is 0 Å². The highest BCUT2D eigenvalue weighted by Gasteiger charge is 2.29. The summed E-state index contributed by atoms with van der Waals surface area (Å²) in [7, 11) is 0. The van der Waals surface area contributed by atoms with E-state index in [1.165, 1.54) is 0 Å². The van der Waals surface area contributed by atoms with Crippen molar-refractivity contribution in [2.45, 2.75) is 32.4 Å². The Morgan fingerprint density at radius 3 is 3.00 bits per heavy atom. The maximum atomic E-state index is 11.3. The van der Waals surface area contributed by atoms with E-state index in [9.17, 15) is 4.79 Å². The van der Waals surface area contributed by atoms with Crippen LogP contribution in [0.2, 0.25) is 0 Å². The van der Waals surface area contributed by atoms with Gasteiger partial charge in [-0.3, -0.25) is 9.69 Å². The van der Waals surface area contributed by atoms with E-state index in [2.05, 4.69) is 17.1 Å². The molecule has 13 heavy (non-hydrogen) atoms. The van der Waals surface area contributed by atoms with E-state index in [0.29, 0.717) is 12.6 Å². The number of amides is 1. The van der Waals surface area contributed by atoms with Gasteiger partial charge in [0, 0.05) is 25.7 Å². The Morgan fingerprint density at radius 2 is 2.46 bits per heavy atom. The predicted octanol–water partition coefficient (Wildman–Crippen LogP) is -0.456. The minimum absolute atomic E-state index is 0.0257. The zero-order valence-corrected chi connectivity index (χ0v) is 8.42. The summed E-state index contributed by atoms with van der Waals surface area (Å²) in [6.45, 7) is 6.35. The normalized spacial score (nSPS) is 27.0. The molecule has 1 heterocycles. The van der Waals surface area contributed by atoms with Gasteiger partial charge in [-0.15, -0.1) is 0 Å². The number of carbonyl (C=O) groups excluding carboxylic acids is 1. The highest BCUT2D eigenvalue weighted by atomic mass is 16.2. The zero-order valence-electron chi connectivity index (χ0n) is 8.42. The lowest BCUT2D eigenvalue weighted by Crippen LogP contribution is -2.58. The molecule has 1 amide bonds. The van der Waals surface area contributed by atoms with Crippen molar-refractivity contribution in [2.75, 3.05) is 19.6 Å². The minimum atomic E-state index is -0.0257. The molecule has 1 aliphatic rings. The van der Waals surface area contributed by atoms with Crippen LogP contribution >= 0.6 is 0 Å². The second kappa shape index (κ2) is 4.58. The Bertz CT molecular complexity index is 180. The van der Waals surface area contributed by atoms with Crippen LogP contribution in [0.4, 0.5) is 0 Å². The van der Waals surface area contributed by atoms with Crippen molar-refractivity contribution >= 4 is 5.91 Å². The van der Waals surface area contributed by atoms with Crippen LogP contribution in [0.3, 0.4) is 0 Å². The second-order valence-electron chi connectivity index (χ2n) is 3.50. The molecule has 4 nitrogen and oxygen atoms in total. The molecule has 2 unspecified atom stereocenters. The Kier molecular flexibility index (Phi) is 3.69. The van der Waals surface area contributed by atoms with Gasteiger partial charge in [0.25, 0.3) is 0 Å². The maximum absolute atomic E-state index is 11.3. The summed E-state index contributed by atoms with van der Waals surface area (Å²) in [5.74, 6) is 0.123. The number of hydrogen-bond donors (Lipinski definition) is 2. The van der Waals surface area contributed by atoms with Gasteiger partial charge in [-0.25, -0.2) is 0 Å². The van der Waals surface area contributed by atoms with Crippen molar-refractivity contribution in [3.63, 3.8) is 0 Å². The van der Waals surface area contributed by atoms with Gasteiger partial charge < -0.3 is 11.1 Å². The van der Waals surface area contributed by atoms with Gasteiger partial charge in [-0.1, -0.05) is 6.92 Å². The predicted molar refractivity (Wildman–Crippen MR) is 52.3 cm³/mol. The average Bonchev–Trinajstić information content (AvgIpc) is 2.14. The second-order valence-corrected chi connectivity index (χ2v) is 3.50. The molecule has 0 radical (unpaired) electrons. The molecule has 3 N–H and O–H groups in total. The van der Waals surface area contributed by atoms with E-state index in [1.807, 2.05) is 6.92 Å². The first-order valence-corrected chi connectivity index (χ1v) is 4.94. The Balaban J connectivity index is 2.60. The molecule has 2 atom stereocenters. The van der Waals surface area contributed by atoms with Crippen LogP contribution in [-0.4, -0.2) is 42.5 Å². The van der Waals surface area contributed by atoms with Gasteiger partial charge in [-0.05, 0) is 13.3 Å². The smallest absolute Gasteiger partial charge is 0.237 e. The summed E-state index contributed by atoms with van der Waals surface area (Å²) >= 11 is 0. The van der Waals surface area contributed by atoms with Crippen molar-refractivity contribution in [1.29, 1.82) is 0 Å². The number of nitrogens with zero attached hydrogens (tertiary/aromatic N) is 1. The summed E-state index contributed by atoms with van der Waals surface area (Å²) in [5, 5.41) is 2.84. The Morgan fingerprint density at radius 1 is 1.77 bits per heavy atom. The number of rotatable bonds is 3. The highest BCUT2D eigenvalue weighted by Crippen LogP contribution is 2.10. The molecule has 0 aromatic heterocycles. The Labute approximate surface area is 79.5 Å². The van der Waals surface area contributed by atoms with Crippen LogP contribution in [0.5, 0.6) is 0 Å². The van der Waals surface area contributed by atoms with Crippen LogP contribution in [0.1, 0.15) is 20.3 Å². The van der Waals surface area contributed by atoms with E-state index in [4.69, 9.17) is 5.73 Å². The van der Waals surface area contributed by atoms with Crippen molar-refractivity contribution < 1.29 is 4.79 Å². The van der Waals surface area contributed by atoms with Gasteiger partial charge in [-0.2, -0.15) is 0 Å². The molecule has 0 aromatic rings.